The van der Waals surface area contributed by atoms with Gasteiger partial charge in [0.15, 0.2) is 0 Å². The predicted molar refractivity (Wildman–Crippen MR) is 153 cm³/mol. The second-order valence-electron chi connectivity index (χ2n) is 10.9. The molecule has 2 heterocycles. The Morgan fingerprint density at radius 2 is 1.74 bits per heavy atom. The maximum Gasteiger partial charge on any atom is 0.338 e. The van der Waals surface area contributed by atoms with Gasteiger partial charge in [-0.15, -0.1) is 0 Å². The molecule has 1 fully saturated rings. The molecule has 3 N–H and O–H groups in total. The number of carbonyl (C=O) groups excluding carboxylic acids is 1. The van der Waals surface area contributed by atoms with Gasteiger partial charge in [-0.05, 0) is 51.5 Å². The van der Waals surface area contributed by atoms with E-state index in [2.05, 4.69) is 10.3 Å². The summed E-state index contributed by atoms with van der Waals surface area (Å²) in [5.74, 6) is -4.18. The molecule has 1 aliphatic heterocycles. The van der Waals surface area contributed by atoms with E-state index in [0.717, 1.165) is 0 Å². The maximum absolute atomic E-state index is 13.2. The molecular formula is C30H34N4O9. The molecule has 0 amide bonds. The lowest BCUT2D eigenvalue weighted by Crippen LogP contribution is -2.69. The molecule has 0 spiro atoms. The minimum absolute atomic E-state index is 0.00467. The van der Waals surface area contributed by atoms with Crippen LogP contribution in [0.2, 0.25) is 0 Å². The minimum atomic E-state index is -1.89. The van der Waals surface area contributed by atoms with Gasteiger partial charge in [0.05, 0.1) is 40.8 Å². The highest BCUT2D eigenvalue weighted by molar-refractivity contribution is 5.89. The SMILES string of the molecule is CC1NC(C)C(CCOC(=O)c2ccc(OCCn3ccnc3)cc2)(C(=O)O)C(c2ccccc2[N+](=O)[O-])C1(C)C(=O)O. The zero-order chi connectivity index (χ0) is 31.4. The van der Waals surface area contributed by atoms with Gasteiger partial charge in [0, 0.05) is 42.0 Å². The number of benzene rings is 2. The molecule has 0 bridgehead atoms. The van der Waals surface area contributed by atoms with Gasteiger partial charge in [-0.1, -0.05) is 18.2 Å². The van der Waals surface area contributed by atoms with Crippen molar-refractivity contribution in [3.05, 3.63) is 88.5 Å². The highest BCUT2D eigenvalue weighted by Crippen LogP contribution is 2.58. The van der Waals surface area contributed by atoms with Gasteiger partial charge in [0.25, 0.3) is 5.69 Å². The van der Waals surface area contributed by atoms with Gasteiger partial charge < -0.3 is 29.6 Å². The van der Waals surface area contributed by atoms with Crippen LogP contribution >= 0.6 is 0 Å². The van der Waals surface area contributed by atoms with Crippen LogP contribution in [0.3, 0.4) is 0 Å². The summed E-state index contributed by atoms with van der Waals surface area (Å²) in [4.78, 5) is 54.1. The number of carboxylic acids is 2. The number of nitrogens with zero attached hydrogens (tertiary/aromatic N) is 3. The van der Waals surface area contributed by atoms with Crippen molar-refractivity contribution in [2.75, 3.05) is 13.2 Å². The molecule has 1 aromatic heterocycles. The first-order valence-corrected chi connectivity index (χ1v) is 13.7. The Morgan fingerprint density at radius 1 is 1.05 bits per heavy atom. The molecule has 43 heavy (non-hydrogen) atoms. The Bertz CT molecular complexity index is 1480. The van der Waals surface area contributed by atoms with Crippen LogP contribution < -0.4 is 10.1 Å². The monoisotopic (exact) mass is 594 g/mol. The molecule has 228 valence electrons. The van der Waals surface area contributed by atoms with Crippen molar-refractivity contribution < 1.29 is 39.0 Å². The van der Waals surface area contributed by atoms with Crippen LogP contribution in [0.1, 0.15) is 49.0 Å². The molecule has 5 unspecified atom stereocenters. The van der Waals surface area contributed by atoms with Crippen molar-refractivity contribution in [2.24, 2.45) is 10.8 Å². The number of nitro benzene ring substituents is 1. The summed E-state index contributed by atoms with van der Waals surface area (Å²) in [5, 5.41) is 36.2. The zero-order valence-electron chi connectivity index (χ0n) is 24.0. The highest BCUT2D eigenvalue weighted by atomic mass is 16.6. The lowest BCUT2D eigenvalue weighted by molar-refractivity contribution is -0.386. The fourth-order valence-electron chi connectivity index (χ4n) is 6.09. The first kappa shape index (κ1) is 31.2. The number of nitrogens with one attached hydrogen (secondary N) is 1. The van der Waals surface area contributed by atoms with Crippen LogP contribution in [-0.4, -0.2) is 67.9 Å². The number of imidazole rings is 1. The molecule has 13 nitrogen and oxygen atoms in total. The van der Waals surface area contributed by atoms with E-state index >= 15 is 0 Å². The maximum atomic E-state index is 13.2. The smallest absolute Gasteiger partial charge is 0.338 e. The molecule has 3 aromatic rings. The average molecular weight is 595 g/mol. The van der Waals surface area contributed by atoms with E-state index in [-0.39, 0.29) is 29.8 Å². The van der Waals surface area contributed by atoms with Crippen LogP contribution in [0.25, 0.3) is 0 Å². The Labute approximate surface area is 247 Å². The van der Waals surface area contributed by atoms with Gasteiger partial charge in [0.1, 0.15) is 12.4 Å². The van der Waals surface area contributed by atoms with E-state index < -0.39 is 51.7 Å². The fraction of sp³-hybridized carbons (Fsp3) is 0.400. The van der Waals surface area contributed by atoms with Crippen molar-refractivity contribution in [3.8, 4) is 5.75 Å². The number of aliphatic carboxylic acids is 2. The zero-order valence-corrected chi connectivity index (χ0v) is 24.0. The number of rotatable bonds is 12. The first-order chi connectivity index (χ1) is 20.4. The molecule has 1 saturated heterocycles. The Balaban J connectivity index is 1.57. The normalized spacial score (nSPS) is 25.0. The van der Waals surface area contributed by atoms with Gasteiger partial charge in [0.2, 0.25) is 0 Å². The summed E-state index contributed by atoms with van der Waals surface area (Å²) in [6, 6.07) is 10.3. The van der Waals surface area contributed by atoms with Crippen molar-refractivity contribution >= 4 is 23.6 Å². The van der Waals surface area contributed by atoms with Gasteiger partial charge in [-0.25, -0.2) is 9.78 Å². The van der Waals surface area contributed by atoms with Gasteiger partial charge in [-0.3, -0.25) is 19.7 Å². The molecule has 0 radical (unpaired) electrons. The Morgan fingerprint density at radius 3 is 2.35 bits per heavy atom. The molecule has 2 aromatic carbocycles. The number of ether oxygens (including phenoxy) is 2. The van der Waals surface area contributed by atoms with Crippen molar-refractivity contribution in [1.29, 1.82) is 0 Å². The summed E-state index contributed by atoms with van der Waals surface area (Å²) in [6.07, 6.45) is 4.85. The first-order valence-electron chi connectivity index (χ1n) is 13.7. The lowest BCUT2D eigenvalue weighted by atomic mass is 9.51. The van der Waals surface area contributed by atoms with Crippen LogP contribution in [-0.2, 0) is 20.9 Å². The summed E-state index contributed by atoms with van der Waals surface area (Å²) in [7, 11) is 0. The average Bonchev–Trinajstić information content (AvgIpc) is 3.49. The number of carbonyl (C=O) groups is 3. The fourth-order valence-corrected chi connectivity index (χ4v) is 6.09. The van der Waals surface area contributed by atoms with E-state index in [0.29, 0.717) is 18.9 Å². The molecular weight excluding hydrogens is 560 g/mol. The van der Waals surface area contributed by atoms with E-state index in [1.165, 1.54) is 43.3 Å². The largest absolute Gasteiger partial charge is 0.492 e. The predicted octanol–water partition coefficient (Wildman–Crippen LogP) is 3.74. The topological polar surface area (TPSA) is 183 Å². The summed E-state index contributed by atoms with van der Waals surface area (Å²) < 4.78 is 13.0. The number of carboxylic acid groups (broad SMARTS) is 2. The van der Waals surface area contributed by atoms with Crippen molar-refractivity contribution in [2.45, 2.75) is 51.7 Å². The summed E-state index contributed by atoms with van der Waals surface area (Å²) in [6.45, 7) is 5.21. The molecule has 1 aliphatic rings. The molecule has 4 rings (SSSR count). The van der Waals surface area contributed by atoms with Crippen LogP contribution in [0, 0.1) is 20.9 Å². The number of hydrogen-bond donors (Lipinski definition) is 3. The molecule has 5 atom stereocenters. The number of aromatic nitrogens is 2. The van der Waals surface area contributed by atoms with E-state index in [1.54, 1.807) is 38.5 Å². The number of para-hydroxylation sites is 1. The third-order valence-corrected chi connectivity index (χ3v) is 8.61. The van der Waals surface area contributed by atoms with Crippen LogP contribution in [0.15, 0.2) is 67.3 Å². The van der Waals surface area contributed by atoms with Gasteiger partial charge >= 0.3 is 17.9 Å². The number of piperidine rings is 1. The quantitative estimate of drug-likeness (QED) is 0.158. The lowest BCUT2D eigenvalue weighted by Gasteiger charge is -2.55. The second kappa shape index (κ2) is 12.6. The van der Waals surface area contributed by atoms with Gasteiger partial charge in [-0.2, -0.15) is 0 Å². The third-order valence-electron chi connectivity index (χ3n) is 8.61. The van der Waals surface area contributed by atoms with Crippen LogP contribution in [0.5, 0.6) is 5.75 Å². The number of nitro groups is 1. The molecule has 0 saturated carbocycles. The minimum Gasteiger partial charge on any atom is -0.492 e. The van der Waals surface area contributed by atoms with Crippen molar-refractivity contribution in [1.82, 2.24) is 14.9 Å². The van der Waals surface area contributed by atoms with E-state index in [1.807, 2.05) is 10.8 Å². The third kappa shape index (κ3) is 5.93. The summed E-state index contributed by atoms with van der Waals surface area (Å²) in [5.41, 5.74) is -3.83. The Kier molecular flexibility index (Phi) is 9.14. The number of esters is 1. The van der Waals surface area contributed by atoms with Crippen LogP contribution in [0.4, 0.5) is 5.69 Å². The number of hydrogen-bond acceptors (Lipinski definition) is 9. The van der Waals surface area contributed by atoms with E-state index in [4.69, 9.17) is 9.47 Å². The standard InChI is InChI=1S/C30H34N4O9/c1-19-29(3,27(36)37)25(23-6-4-5-7-24(23)34(40)41)30(28(38)39,20(2)32-19)12-16-43-26(35)21-8-10-22(11-9-21)42-17-15-33-14-13-31-18-33/h4-11,13-14,18-20,25,32H,12,15-17H2,1-3H3,(H,36,37)(H,38,39). The summed E-state index contributed by atoms with van der Waals surface area (Å²) >= 11 is 0. The van der Waals surface area contributed by atoms with E-state index in [9.17, 15) is 34.7 Å². The highest BCUT2D eigenvalue weighted by Gasteiger charge is 2.66. The molecule has 13 heteroatoms. The molecule has 0 aliphatic carbocycles. The van der Waals surface area contributed by atoms with Crippen molar-refractivity contribution in [3.63, 3.8) is 0 Å². The Hall–Kier alpha value is -4.78. The second-order valence-corrected chi connectivity index (χ2v) is 10.9.